The van der Waals surface area contributed by atoms with Crippen LogP contribution >= 0.6 is 0 Å². The van der Waals surface area contributed by atoms with Crippen LogP contribution in [0.15, 0.2) is 30.3 Å². The quantitative estimate of drug-likeness (QED) is 0.322. The van der Waals surface area contributed by atoms with Crippen LogP contribution in [0.4, 0.5) is 0 Å². The average Bonchev–Trinajstić information content (AvgIpc) is 3.40. The first kappa shape index (κ1) is 35.0. The second-order valence-corrected chi connectivity index (χ2v) is 15.0. The normalized spacial score (nSPS) is 21.6. The molecule has 238 valence electrons. The van der Waals surface area contributed by atoms with Crippen LogP contribution in [0, 0.1) is 70.0 Å². The maximum Gasteiger partial charge on any atom is 0.186 e. The van der Waals surface area contributed by atoms with Gasteiger partial charge in [0, 0.05) is 62.6 Å². The first-order chi connectivity index (χ1) is 21.6. The minimum atomic E-state index is -0.514. The molecule has 1 saturated heterocycles. The highest BCUT2D eigenvalue weighted by atomic mass is 16.7. The number of benzene rings is 2. The monoisotopic (exact) mass is 610 g/mol. The van der Waals surface area contributed by atoms with Gasteiger partial charge in [0.1, 0.15) is 0 Å². The van der Waals surface area contributed by atoms with Crippen molar-refractivity contribution in [1.29, 1.82) is 0 Å². The van der Waals surface area contributed by atoms with Gasteiger partial charge in [-0.05, 0) is 118 Å². The summed E-state index contributed by atoms with van der Waals surface area (Å²) in [4.78, 5) is 0. The summed E-state index contributed by atoms with van der Waals surface area (Å²) in [5.74, 6) is 33.9. The maximum atomic E-state index is 6.71. The van der Waals surface area contributed by atoms with Crippen molar-refractivity contribution >= 4 is 0 Å². The molecule has 2 atom stereocenters. The zero-order chi connectivity index (χ0) is 33.6. The second kappa shape index (κ2) is 14.3. The van der Waals surface area contributed by atoms with E-state index < -0.39 is 6.29 Å². The van der Waals surface area contributed by atoms with Gasteiger partial charge in [-0.25, -0.2) is 0 Å². The molecule has 1 saturated carbocycles. The Kier molecular flexibility index (Phi) is 10.9. The lowest BCUT2D eigenvalue weighted by Gasteiger charge is -2.29. The highest BCUT2D eigenvalue weighted by Crippen LogP contribution is 2.54. The average molecular weight is 611 g/mol. The molecule has 4 rings (SSSR count). The van der Waals surface area contributed by atoms with Gasteiger partial charge in [0.2, 0.25) is 0 Å². The van der Waals surface area contributed by atoms with Crippen molar-refractivity contribution in [2.75, 3.05) is 0 Å². The van der Waals surface area contributed by atoms with Gasteiger partial charge in [0.15, 0.2) is 6.29 Å². The fourth-order valence-electron chi connectivity index (χ4n) is 5.48. The van der Waals surface area contributed by atoms with Gasteiger partial charge in [-0.2, -0.15) is 0 Å². The SMILES string of the molecule is CCCC#Cc1cc(C#CCCC)cc(C#Cc2cc(C#CC(C)(C)C)c(C3OC4(C)CCCC4(C)O3)cc2C#CC(C)(C)C)c1. The molecule has 0 N–H and O–H groups in total. The Labute approximate surface area is 279 Å². The van der Waals surface area contributed by atoms with Crippen LogP contribution in [0.1, 0.15) is 159 Å². The molecule has 0 spiro atoms. The Hall–Kier alpha value is -3.84. The molecule has 2 nitrogen and oxygen atoms in total. The fraction of sp³-hybridized carbons (Fsp3) is 0.500. The minimum absolute atomic E-state index is 0.172. The van der Waals surface area contributed by atoms with E-state index in [1.807, 2.05) is 0 Å². The number of rotatable bonds is 3. The fourth-order valence-corrected chi connectivity index (χ4v) is 5.48. The molecule has 1 aliphatic heterocycles. The highest BCUT2D eigenvalue weighted by Gasteiger charge is 2.58. The van der Waals surface area contributed by atoms with Gasteiger partial charge < -0.3 is 9.47 Å². The Morgan fingerprint density at radius 3 is 1.54 bits per heavy atom. The molecule has 2 aromatic carbocycles. The largest absolute Gasteiger partial charge is 0.339 e. The number of hydrogen-bond donors (Lipinski definition) is 0. The van der Waals surface area contributed by atoms with E-state index in [2.05, 4.69) is 159 Å². The topological polar surface area (TPSA) is 18.5 Å². The van der Waals surface area contributed by atoms with Gasteiger partial charge in [-0.3, -0.25) is 0 Å². The van der Waals surface area contributed by atoms with Gasteiger partial charge in [-0.1, -0.05) is 73.1 Å². The first-order valence-electron chi connectivity index (χ1n) is 16.9. The van der Waals surface area contributed by atoms with E-state index in [0.717, 1.165) is 83.9 Å². The van der Waals surface area contributed by atoms with Crippen molar-refractivity contribution in [3.63, 3.8) is 0 Å². The lowest BCUT2D eigenvalue weighted by atomic mass is 9.90. The molecule has 1 aliphatic carbocycles. The third-order valence-corrected chi connectivity index (χ3v) is 8.24. The van der Waals surface area contributed by atoms with Crippen LogP contribution in [0.2, 0.25) is 0 Å². The predicted octanol–water partition coefficient (Wildman–Crippen LogP) is 9.93. The van der Waals surface area contributed by atoms with Crippen LogP contribution in [0.5, 0.6) is 0 Å². The summed E-state index contributed by atoms with van der Waals surface area (Å²) in [6.07, 6.45) is 6.33. The molecule has 1 heterocycles. The van der Waals surface area contributed by atoms with Crippen LogP contribution in [0.25, 0.3) is 0 Å². The molecule has 0 bridgehead atoms. The van der Waals surface area contributed by atoms with E-state index in [4.69, 9.17) is 9.47 Å². The summed E-state index contributed by atoms with van der Waals surface area (Å²) in [7, 11) is 0. The molecule has 0 aromatic heterocycles. The minimum Gasteiger partial charge on any atom is -0.339 e. The predicted molar refractivity (Wildman–Crippen MR) is 191 cm³/mol. The van der Waals surface area contributed by atoms with E-state index in [-0.39, 0.29) is 22.0 Å². The van der Waals surface area contributed by atoms with Crippen molar-refractivity contribution in [1.82, 2.24) is 0 Å². The summed E-state index contributed by atoms with van der Waals surface area (Å²) in [6, 6.07) is 10.3. The van der Waals surface area contributed by atoms with Crippen molar-refractivity contribution in [2.45, 2.75) is 132 Å². The lowest BCUT2D eigenvalue weighted by molar-refractivity contribution is -0.101. The first-order valence-corrected chi connectivity index (χ1v) is 16.9. The smallest absolute Gasteiger partial charge is 0.186 e. The number of ether oxygens (including phenoxy) is 2. The molecule has 2 aliphatic rings. The maximum absolute atomic E-state index is 6.71. The summed E-state index contributed by atoms with van der Waals surface area (Å²) in [6.45, 7) is 21.4. The summed E-state index contributed by atoms with van der Waals surface area (Å²) in [5.41, 5.74) is 5.20. The van der Waals surface area contributed by atoms with Crippen LogP contribution in [0.3, 0.4) is 0 Å². The van der Waals surface area contributed by atoms with Crippen molar-refractivity contribution in [2.24, 2.45) is 10.8 Å². The van der Waals surface area contributed by atoms with E-state index in [0.29, 0.717) is 0 Å². The zero-order valence-corrected chi connectivity index (χ0v) is 29.7. The molecule has 2 aromatic rings. The lowest BCUT2D eigenvalue weighted by Crippen LogP contribution is -2.41. The second-order valence-electron chi connectivity index (χ2n) is 15.0. The van der Waals surface area contributed by atoms with E-state index in [1.54, 1.807) is 0 Å². The zero-order valence-electron chi connectivity index (χ0n) is 29.7. The Bertz CT molecular complexity index is 1710. The summed E-state index contributed by atoms with van der Waals surface area (Å²) >= 11 is 0. The Morgan fingerprint density at radius 2 is 1.07 bits per heavy atom. The van der Waals surface area contributed by atoms with Crippen molar-refractivity contribution in [3.8, 4) is 59.2 Å². The number of fused-ring (bicyclic) bond motifs is 1. The van der Waals surface area contributed by atoms with E-state index in [1.165, 1.54) is 0 Å². The van der Waals surface area contributed by atoms with E-state index >= 15 is 0 Å². The molecule has 0 radical (unpaired) electrons. The highest BCUT2D eigenvalue weighted by molar-refractivity contribution is 5.60. The third kappa shape index (κ3) is 9.12. The van der Waals surface area contributed by atoms with Crippen molar-refractivity contribution in [3.05, 3.63) is 69.3 Å². The van der Waals surface area contributed by atoms with Gasteiger partial charge in [-0.15, -0.1) is 0 Å². The number of unbranched alkanes of at least 4 members (excludes halogenated alkanes) is 2. The molecule has 2 fully saturated rings. The third-order valence-electron chi connectivity index (χ3n) is 8.24. The van der Waals surface area contributed by atoms with Crippen LogP contribution in [-0.2, 0) is 9.47 Å². The molecular formula is C44H50O2. The Morgan fingerprint density at radius 1 is 0.609 bits per heavy atom. The van der Waals surface area contributed by atoms with Gasteiger partial charge in [0.25, 0.3) is 0 Å². The van der Waals surface area contributed by atoms with Gasteiger partial charge in [0.05, 0.1) is 11.2 Å². The molecule has 2 heteroatoms. The van der Waals surface area contributed by atoms with Crippen molar-refractivity contribution < 1.29 is 9.47 Å². The molecule has 46 heavy (non-hydrogen) atoms. The standard InChI is InChI=1S/C44H50O2/c1-11-13-15-18-33-28-34(19-16-14-12-2)30-35(29-33)20-21-36-31-38(23-27-42(6,7)8)39(32-37(36)22-26-41(3,4)5)40-45-43(9)24-17-25-44(43,10)46-40/h28-32,40H,11-14,17,24-25H2,1-10H3. The summed E-state index contributed by atoms with van der Waals surface area (Å²) < 4.78 is 13.4. The summed E-state index contributed by atoms with van der Waals surface area (Å²) in [5, 5.41) is 0. The number of hydrogen-bond acceptors (Lipinski definition) is 2. The van der Waals surface area contributed by atoms with Crippen LogP contribution < -0.4 is 0 Å². The van der Waals surface area contributed by atoms with Gasteiger partial charge >= 0.3 is 0 Å². The Balaban J connectivity index is 1.89. The molecule has 2 unspecified atom stereocenters. The molecular weight excluding hydrogens is 560 g/mol. The van der Waals surface area contributed by atoms with E-state index in [9.17, 15) is 0 Å². The van der Waals surface area contributed by atoms with Crippen LogP contribution in [-0.4, -0.2) is 11.2 Å². The molecule has 0 amide bonds.